The first-order chi connectivity index (χ1) is 7.13. The second-order valence-corrected chi connectivity index (χ2v) is 4.97. The van der Waals surface area contributed by atoms with Crippen molar-refractivity contribution >= 4 is 0 Å². The minimum atomic E-state index is -0.825. The van der Waals surface area contributed by atoms with Gasteiger partial charge in [0.1, 0.15) is 5.60 Å². The van der Waals surface area contributed by atoms with E-state index >= 15 is 0 Å². The van der Waals surface area contributed by atoms with Crippen LogP contribution in [0.2, 0.25) is 0 Å². The van der Waals surface area contributed by atoms with Crippen molar-refractivity contribution in [3.05, 3.63) is 17.5 Å². The normalized spacial score (nSPS) is 31.7. The predicted molar refractivity (Wildman–Crippen MR) is 56.1 cm³/mol. The maximum Gasteiger partial charge on any atom is 0.111 e. The quantitative estimate of drug-likeness (QED) is 0.696. The van der Waals surface area contributed by atoms with Crippen molar-refractivity contribution in [1.82, 2.24) is 9.78 Å². The molecule has 3 N–H and O–H groups in total. The van der Waals surface area contributed by atoms with E-state index in [4.69, 9.17) is 5.73 Å². The summed E-state index contributed by atoms with van der Waals surface area (Å²) in [5, 5.41) is 15.0. The lowest BCUT2D eigenvalue weighted by molar-refractivity contribution is -0.0425. The Morgan fingerprint density at radius 1 is 1.53 bits per heavy atom. The van der Waals surface area contributed by atoms with E-state index in [-0.39, 0.29) is 5.41 Å². The van der Waals surface area contributed by atoms with Gasteiger partial charge in [-0.25, -0.2) is 0 Å². The zero-order valence-corrected chi connectivity index (χ0v) is 9.03. The van der Waals surface area contributed by atoms with Crippen LogP contribution < -0.4 is 5.73 Å². The Morgan fingerprint density at radius 3 is 2.87 bits per heavy atom. The molecule has 2 aliphatic carbocycles. The second-order valence-electron chi connectivity index (χ2n) is 4.97. The number of aliphatic hydroxyl groups is 1. The molecule has 82 valence electrons. The monoisotopic (exact) mass is 207 g/mol. The van der Waals surface area contributed by atoms with Gasteiger partial charge in [0.15, 0.2) is 0 Å². The van der Waals surface area contributed by atoms with E-state index < -0.39 is 5.60 Å². The Kier molecular flexibility index (Phi) is 1.64. The smallest absolute Gasteiger partial charge is 0.111 e. The molecule has 0 bridgehead atoms. The Hall–Kier alpha value is -0.870. The Morgan fingerprint density at radius 2 is 2.27 bits per heavy atom. The van der Waals surface area contributed by atoms with Gasteiger partial charge in [0.2, 0.25) is 0 Å². The highest BCUT2D eigenvalue weighted by Crippen LogP contribution is 2.63. The maximum absolute atomic E-state index is 10.8. The number of aryl methyl sites for hydroxylation is 1. The van der Waals surface area contributed by atoms with Gasteiger partial charge in [-0.15, -0.1) is 0 Å². The minimum absolute atomic E-state index is 0.0672. The van der Waals surface area contributed by atoms with E-state index in [1.807, 2.05) is 11.7 Å². The van der Waals surface area contributed by atoms with Gasteiger partial charge < -0.3 is 10.8 Å². The molecule has 2 aliphatic rings. The lowest BCUT2D eigenvalue weighted by atomic mass is 9.71. The van der Waals surface area contributed by atoms with Crippen LogP contribution in [0.5, 0.6) is 0 Å². The zero-order valence-electron chi connectivity index (χ0n) is 9.03. The molecule has 0 radical (unpaired) electrons. The van der Waals surface area contributed by atoms with Crippen molar-refractivity contribution in [3.8, 4) is 0 Å². The fraction of sp³-hybridized carbons (Fsp3) is 0.727. The summed E-state index contributed by atoms with van der Waals surface area (Å²) in [5.41, 5.74) is 7.15. The lowest BCUT2D eigenvalue weighted by Gasteiger charge is -2.39. The number of hydrogen-bond donors (Lipinski definition) is 2. The summed E-state index contributed by atoms with van der Waals surface area (Å²) in [6.45, 7) is 0.311. The Bertz CT molecular complexity index is 408. The molecule has 1 aromatic rings. The van der Waals surface area contributed by atoms with Crippen molar-refractivity contribution in [2.45, 2.75) is 31.3 Å². The van der Waals surface area contributed by atoms with Crippen LogP contribution >= 0.6 is 0 Å². The molecule has 1 saturated carbocycles. The summed E-state index contributed by atoms with van der Waals surface area (Å²) >= 11 is 0. The van der Waals surface area contributed by atoms with E-state index in [1.165, 1.54) is 0 Å². The highest BCUT2D eigenvalue weighted by molar-refractivity contribution is 5.35. The third-order valence-corrected chi connectivity index (χ3v) is 4.37. The molecule has 0 saturated heterocycles. The van der Waals surface area contributed by atoms with Gasteiger partial charge in [-0.3, -0.25) is 4.68 Å². The summed E-state index contributed by atoms with van der Waals surface area (Å²) < 4.78 is 1.87. The number of nitrogens with two attached hydrogens (primary N) is 1. The number of fused-ring (bicyclic) bond motifs is 1. The van der Waals surface area contributed by atoms with E-state index in [2.05, 4.69) is 5.10 Å². The molecule has 1 heterocycles. The zero-order chi connectivity index (χ0) is 10.7. The van der Waals surface area contributed by atoms with Crippen molar-refractivity contribution in [2.24, 2.45) is 18.2 Å². The van der Waals surface area contributed by atoms with Gasteiger partial charge in [-0.1, -0.05) is 0 Å². The number of nitrogens with zero attached hydrogens (tertiary/aromatic N) is 2. The molecule has 1 fully saturated rings. The molecule has 0 amide bonds. The standard InChI is InChI=1S/C11H17N3O/c1-14-9-2-3-10(4-5-10)11(15,7-12)8(9)6-13-14/h6,15H,2-5,7,12H2,1H3. The molecule has 0 aromatic carbocycles. The van der Waals surface area contributed by atoms with Gasteiger partial charge in [0.25, 0.3) is 0 Å². The Labute approximate surface area is 89.1 Å². The van der Waals surface area contributed by atoms with Crippen LogP contribution in [-0.4, -0.2) is 21.4 Å². The van der Waals surface area contributed by atoms with Crippen molar-refractivity contribution in [2.75, 3.05) is 6.54 Å². The summed E-state index contributed by atoms with van der Waals surface area (Å²) in [6.07, 6.45) is 6.08. The third kappa shape index (κ3) is 0.961. The summed E-state index contributed by atoms with van der Waals surface area (Å²) in [7, 11) is 1.93. The van der Waals surface area contributed by atoms with Gasteiger partial charge in [0, 0.05) is 30.3 Å². The van der Waals surface area contributed by atoms with Crippen molar-refractivity contribution < 1.29 is 5.11 Å². The first-order valence-corrected chi connectivity index (χ1v) is 5.57. The highest BCUT2D eigenvalue weighted by atomic mass is 16.3. The van der Waals surface area contributed by atoms with Crippen LogP contribution in [0.1, 0.15) is 30.5 Å². The molecular weight excluding hydrogens is 190 g/mol. The number of aromatic nitrogens is 2. The topological polar surface area (TPSA) is 64.1 Å². The fourth-order valence-corrected chi connectivity index (χ4v) is 3.10. The molecule has 3 rings (SSSR count). The molecule has 1 atom stereocenters. The first kappa shape index (κ1) is 9.36. The summed E-state index contributed by atoms with van der Waals surface area (Å²) in [5.74, 6) is 0. The lowest BCUT2D eigenvalue weighted by Crippen LogP contribution is -2.46. The average Bonchev–Trinajstić information content (AvgIpc) is 2.93. The molecule has 0 aliphatic heterocycles. The van der Waals surface area contributed by atoms with Crippen molar-refractivity contribution in [3.63, 3.8) is 0 Å². The van der Waals surface area contributed by atoms with Crippen LogP contribution in [-0.2, 0) is 19.1 Å². The van der Waals surface area contributed by atoms with E-state index in [9.17, 15) is 5.11 Å². The highest BCUT2D eigenvalue weighted by Gasteiger charge is 2.61. The summed E-state index contributed by atoms with van der Waals surface area (Å²) in [6, 6.07) is 0. The molecular formula is C11H17N3O. The molecule has 4 nitrogen and oxygen atoms in total. The largest absolute Gasteiger partial charge is 0.383 e. The van der Waals surface area contributed by atoms with Gasteiger partial charge in [-0.2, -0.15) is 5.10 Å². The average molecular weight is 207 g/mol. The second kappa shape index (κ2) is 2.62. The van der Waals surface area contributed by atoms with Crippen LogP contribution in [0.25, 0.3) is 0 Å². The van der Waals surface area contributed by atoms with Crippen molar-refractivity contribution in [1.29, 1.82) is 0 Å². The first-order valence-electron chi connectivity index (χ1n) is 5.57. The van der Waals surface area contributed by atoms with Crippen LogP contribution in [0.3, 0.4) is 0 Å². The fourth-order valence-electron chi connectivity index (χ4n) is 3.10. The third-order valence-electron chi connectivity index (χ3n) is 4.37. The molecule has 1 unspecified atom stereocenters. The van der Waals surface area contributed by atoms with Gasteiger partial charge in [0.05, 0.1) is 6.20 Å². The maximum atomic E-state index is 10.8. The minimum Gasteiger partial charge on any atom is -0.383 e. The van der Waals surface area contributed by atoms with Crippen LogP contribution in [0.4, 0.5) is 0 Å². The predicted octanol–water partition coefficient (Wildman–Crippen LogP) is 0.293. The molecule has 1 spiro atoms. The van der Waals surface area contributed by atoms with E-state index in [0.29, 0.717) is 6.54 Å². The van der Waals surface area contributed by atoms with Crippen LogP contribution in [0.15, 0.2) is 6.20 Å². The number of hydrogen-bond acceptors (Lipinski definition) is 3. The summed E-state index contributed by atoms with van der Waals surface area (Å²) in [4.78, 5) is 0. The number of rotatable bonds is 1. The van der Waals surface area contributed by atoms with Gasteiger partial charge in [-0.05, 0) is 25.7 Å². The Balaban J connectivity index is 2.16. The SMILES string of the molecule is Cn1ncc2c1CCC1(CC1)C2(O)CN. The van der Waals surface area contributed by atoms with E-state index in [0.717, 1.165) is 36.9 Å². The van der Waals surface area contributed by atoms with E-state index in [1.54, 1.807) is 6.20 Å². The van der Waals surface area contributed by atoms with Gasteiger partial charge >= 0.3 is 0 Å². The molecule has 15 heavy (non-hydrogen) atoms. The molecule has 1 aromatic heterocycles. The van der Waals surface area contributed by atoms with Crippen LogP contribution in [0, 0.1) is 5.41 Å². The molecule has 4 heteroatoms.